The molecule has 4 amide bonds. The van der Waals surface area contributed by atoms with Crippen LogP contribution in [-0.2, 0) is 23.9 Å². The van der Waals surface area contributed by atoms with Gasteiger partial charge in [-0.2, -0.15) is 4.79 Å². The molecule has 10 heteroatoms. The highest BCUT2D eigenvalue weighted by molar-refractivity contribution is 5.90. The summed E-state index contributed by atoms with van der Waals surface area (Å²) < 4.78 is 9.74. The molecular formula is C22H38N3O7+. The summed E-state index contributed by atoms with van der Waals surface area (Å²) in [5.74, 6) is -1.89. The van der Waals surface area contributed by atoms with Crippen molar-refractivity contribution in [3.63, 3.8) is 0 Å². The van der Waals surface area contributed by atoms with Crippen LogP contribution in [0.5, 0.6) is 0 Å². The van der Waals surface area contributed by atoms with Crippen LogP contribution in [0.1, 0.15) is 59.3 Å². The van der Waals surface area contributed by atoms with Crippen LogP contribution in [0, 0.1) is 17.3 Å². The smallest absolute Gasteiger partial charge is 0.414 e. The molecule has 3 N–H and O–H groups in total. The van der Waals surface area contributed by atoms with Crippen LogP contribution in [0.15, 0.2) is 0 Å². The van der Waals surface area contributed by atoms with Crippen molar-refractivity contribution in [3.8, 4) is 0 Å². The van der Waals surface area contributed by atoms with Gasteiger partial charge in [0.05, 0.1) is 25.6 Å². The molecule has 4 atom stereocenters. The fraction of sp³-hybridized carbons (Fsp3) is 0.818. The monoisotopic (exact) mass is 456 g/mol. The molecule has 2 fully saturated rings. The number of carbonyl (C=O) groups excluding carboxylic acids is 4. The number of quaternary nitrogens is 1. The van der Waals surface area contributed by atoms with Crippen molar-refractivity contribution in [2.45, 2.75) is 71.4 Å². The van der Waals surface area contributed by atoms with Gasteiger partial charge in [0, 0.05) is 18.9 Å². The molecule has 2 aliphatic rings. The Balaban J connectivity index is 2.49. The van der Waals surface area contributed by atoms with Crippen molar-refractivity contribution in [3.05, 3.63) is 0 Å². The normalized spacial score (nSPS) is 27.0. The molecule has 0 aromatic heterocycles. The van der Waals surface area contributed by atoms with Crippen LogP contribution in [0.2, 0.25) is 0 Å². The summed E-state index contributed by atoms with van der Waals surface area (Å²) in [6.45, 7) is 5.18. The van der Waals surface area contributed by atoms with Gasteiger partial charge in [0.15, 0.2) is 6.04 Å². The van der Waals surface area contributed by atoms with Gasteiger partial charge >= 0.3 is 12.0 Å². The Morgan fingerprint density at radius 1 is 1.28 bits per heavy atom. The highest BCUT2D eigenvalue weighted by Crippen LogP contribution is 2.44. The second kappa shape index (κ2) is 10.7. The zero-order chi connectivity index (χ0) is 24.1. The van der Waals surface area contributed by atoms with Gasteiger partial charge < -0.3 is 15.2 Å². The summed E-state index contributed by atoms with van der Waals surface area (Å²) in [5, 5.41) is 10.3. The van der Waals surface area contributed by atoms with E-state index < -0.39 is 45.9 Å². The first-order valence-corrected chi connectivity index (χ1v) is 11.3. The summed E-state index contributed by atoms with van der Waals surface area (Å²) in [4.78, 5) is 51.3. The molecule has 2 rings (SSSR count). The van der Waals surface area contributed by atoms with Crippen molar-refractivity contribution in [2.24, 2.45) is 23.0 Å². The average Bonchev–Trinajstić information content (AvgIpc) is 3.32. The molecule has 1 aliphatic carbocycles. The number of amides is 4. The third-order valence-corrected chi connectivity index (χ3v) is 6.95. The second-order valence-electron chi connectivity index (χ2n) is 9.93. The Kier molecular flexibility index (Phi) is 8.78. The number of imide groups is 1. The van der Waals surface area contributed by atoms with Gasteiger partial charge in [-0.25, -0.2) is 9.86 Å². The van der Waals surface area contributed by atoms with Gasteiger partial charge in [-0.15, -0.1) is 4.48 Å². The number of nitrogens with zero attached hydrogens (tertiary/aromatic N) is 2. The van der Waals surface area contributed by atoms with E-state index in [1.807, 2.05) is 0 Å². The molecule has 10 nitrogen and oxygen atoms in total. The van der Waals surface area contributed by atoms with Crippen molar-refractivity contribution in [1.29, 1.82) is 0 Å². The molecule has 1 saturated carbocycles. The molecule has 1 saturated heterocycles. The minimum absolute atomic E-state index is 0.0612. The predicted molar refractivity (Wildman–Crippen MR) is 114 cm³/mol. The van der Waals surface area contributed by atoms with Crippen LogP contribution in [-0.4, -0.2) is 78.0 Å². The van der Waals surface area contributed by atoms with E-state index in [1.54, 1.807) is 20.8 Å². The summed E-state index contributed by atoms with van der Waals surface area (Å²) in [5.41, 5.74) is 5.03. The fourth-order valence-corrected chi connectivity index (χ4v) is 5.48. The Labute approximate surface area is 189 Å². The molecule has 0 spiro atoms. The van der Waals surface area contributed by atoms with E-state index in [9.17, 15) is 24.4 Å². The van der Waals surface area contributed by atoms with Crippen LogP contribution in [0.3, 0.4) is 0 Å². The number of hydrogen-bond donors (Lipinski definition) is 2. The second-order valence-corrected chi connectivity index (χ2v) is 9.93. The standard InChI is InChI=1S/C22H37N3O7/c1-15(13-31-4)32-21(29)25(10-9-22(2,3)18(25)19(23)27)20(28)17(12-24(30)14-26)11-16-7-5-6-8-16/h14-18,30H,5-13H2,1-4H3,(H-,23,27)/p+1/t15-,17-,18-,25?/m1/s1. The number of methoxy groups -OCH3 is 1. The molecule has 1 unspecified atom stereocenters. The number of likely N-dealkylation sites (tertiary alicyclic amines) is 1. The molecule has 0 aromatic carbocycles. The van der Waals surface area contributed by atoms with Crippen LogP contribution < -0.4 is 5.73 Å². The largest absolute Gasteiger partial charge is 0.524 e. The van der Waals surface area contributed by atoms with E-state index in [0.29, 0.717) is 17.9 Å². The lowest BCUT2D eigenvalue weighted by Gasteiger charge is -2.38. The van der Waals surface area contributed by atoms with E-state index in [1.165, 1.54) is 7.11 Å². The zero-order valence-corrected chi connectivity index (χ0v) is 19.6. The van der Waals surface area contributed by atoms with Crippen LogP contribution in [0.25, 0.3) is 0 Å². The molecule has 0 bridgehead atoms. The van der Waals surface area contributed by atoms with Gasteiger partial charge in [0.25, 0.3) is 5.91 Å². The topological polar surface area (TPSA) is 136 Å². The lowest BCUT2D eigenvalue weighted by Crippen LogP contribution is -2.68. The lowest BCUT2D eigenvalue weighted by atomic mass is 9.83. The van der Waals surface area contributed by atoms with Gasteiger partial charge in [-0.05, 0) is 19.3 Å². The molecule has 1 heterocycles. The first kappa shape index (κ1) is 26.2. The first-order chi connectivity index (χ1) is 15.0. The molecule has 182 valence electrons. The number of nitrogens with two attached hydrogens (primary N) is 1. The van der Waals surface area contributed by atoms with Gasteiger partial charge in [0.2, 0.25) is 6.41 Å². The Morgan fingerprint density at radius 2 is 1.91 bits per heavy atom. The van der Waals surface area contributed by atoms with Gasteiger partial charge in [-0.1, -0.05) is 39.5 Å². The molecular weight excluding hydrogens is 418 g/mol. The lowest BCUT2D eigenvalue weighted by molar-refractivity contribution is -0.791. The Morgan fingerprint density at radius 3 is 2.44 bits per heavy atom. The van der Waals surface area contributed by atoms with E-state index in [0.717, 1.165) is 25.7 Å². The van der Waals surface area contributed by atoms with Crippen molar-refractivity contribution >= 4 is 24.3 Å². The number of rotatable bonds is 10. The molecule has 1 aliphatic heterocycles. The van der Waals surface area contributed by atoms with E-state index in [4.69, 9.17) is 15.2 Å². The summed E-state index contributed by atoms with van der Waals surface area (Å²) >= 11 is 0. The minimum Gasteiger partial charge on any atom is -0.414 e. The third-order valence-electron chi connectivity index (χ3n) is 6.95. The van der Waals surface area contributed by atoms with E-state index in [2.05, 4.69) is 0 Å². The summed E-state index contributed by atoms with van der Waals surface area (Å²) in [7, 11) is 1.47. The summed E-state index contributed by atoms with van der Waals surface area (Å²) in [6.07, 6.45) is 3.56. The average molecular weight is 457 g/mol. The van der Waals surface area contributed by atoms with Crippen molar-refractivity contribution in [1.82, 2.24) is 5.06 Å². The molecule has 32 heavy (non-hydrogen) atoms. The molecule has 0 radical (unpaired) electrons. The van der Waals surface area contributed by atoms with Crippen LogP contribution >= 0.6 is 0 Å². The number of hydroxylamine groups is 2. The van der Waals surface area contributed by atoms with Gasteiger partial charge in [0.1, 0.15) is 6.10 Å². The highest BCUT2D eigenvalue weighted by atomic mass is 16.6. The predicted octanol–water partition coefficient (Wildman–Crippen LogP) is 1.83. The van der Waals surface area contributed by atoms with Crippen molar-refractivity contribution in [2.75, 3.05) is 26.8 Å². The number of carbonyl (C=O) groups is 4. The van der Waals surface area contributed by atoms with Crippen molar-refractivity contribution < 1.29 is 38.3 Å². The first-order valence-electron chi connectivity index (χ1n) is 11.3. The highest BCUT2D eigenvalue weighted by Gasteiger charge is 2.66. The minimum atomic E-state index is -1.12. The quantitative estimate of drug-likeness (QED) is 0.221. The maximum atomic E-state index is 14.1. The fourth-order valence-electron chi connectivity index (χ4n) is 5.48. The maximum Gasteiger partial charge on any atom is 0.524 e. The van der Waals surface area contributed by atoms with Gasteiger partial charge in [-0.3, -0.25) is 14.8 Å². The Bertz CT molecular complexity index is 708. The Hall–Kier alpha value is -2.04. The van der Waals surface area contributed by atoms with E-state index in [-0.39, 0.29) is 32.0 Å². The maximum absolute atomic E-state index is 14.1. The molecule has 0 aromatic rings. The number of hydrogen-bond acceptors (Lipinski definition) is 7. The number of ether oxygens (including phenoxy) is 2. The van der Waals surface area contributed by atoms with Crippen LogP contribution in [0.4, 0.5) is 4.79 Å². The number of primary amides is 1. The zero-order valence-electron chi connectivity index (χ0n) is 19.6. The van der Waals surface area contributed by atoms with E-state index >= 15 is 0 Å². The summed E-state index contributed by atoms with van der Waals surface area (Å²) in [6, 6.07) is -1.12. The SMILES string of the molecule is COC[C@@H](C)OC(=O)[N+]1(C(=O)[C@H](CC2CCCC2)CN(O)C=O)CCC(C)(C)[C@H]1C(N)=O. The third kappa shape index (κ3) is 5.47.